The molecule has 0 aliphatic heterocycles. The summed E-state index contributed by atoms with van der Waals surface area (Å²) in [6.45, 7) is 1.77. The number of nitrogens with zero attached hydrogens (tertiary/aromatic N) is 1. The van der Waals surface area contributed by atoms with Crippen LogP contribution >= 0.6 is 12.2 Å². The molecule has 2 amide bonds. The highest BCUT2D eigenvalue weighted by molar-refractivity contribution is 7.80. The molecule has 0 unspecified atom stereocenters. The molecule has 0 spiro atoms. The predicted octanol–water partition coefficient (Wildman–Crippen LogP) is 1.55. The summed E-state index contributed by atoms with van der Waals surface area (Å²) in [5, 5.41) is 4.27. The van der Waals surface area contributed by atoms with Gasteiger partial charge in [-0.15, -0.1) is 0 Å². The van der Waals surface area contributed by atoms with E-state index < -0.39 is 11.8 Å². The molecule has 1 aromatic heterocycles. The van der Waals surface area contributed by atoms with Gasteiger partial charge >= 0.3 is 5.91 Å². The first-order chi connectivity index (χ1) is 13.9. The number of amides is 2. The van der Waals surface area contributed by atoms with Gasteiger partial charge in [-0.05, 0) is 56.2 Å². The summed E-state index contributed by atoms with van der Waals surface area (Å²) >= 11 is 4.78. The smallest absolute Gasteiger partial charge is 0.305 e. The minimum absolute atomic E-state index is 0.0602. The second-order valence-electron chi connectivity index (χ2n) is 6.38. The number of methoxy groups -OCH3 is 1. The fraction of sp³-hybridized carbons (Fsp3) is 0.263. The molecule has 3 rings (SSSR count). The Morgan fingerprint density at radius 1 is 1.17 bits per heavy atom. The molecule has 29 heavy (non-hydrogen) atoms. The molecule has 1 aliphatic carbocycles. The highest BCUT2D eigenvalue weighted by Gasteiger charge is 2.28. The van der Waals surface area contributed by atoms with Gasteiger partial charge in [-0.3, -0.25) is 25.9 Å². The number of hydrazine groups is 1. The zero-order valence-electron chi connectivity index (χ0n) is 16.0. The number of carbonyl (C=O) groups is 2. The summed E-state index contributed by atoms with van der Waals surface area (Å²) in [4.78, 5) is 24.8. The monoisotopic (exact) mass is 415 g/mol. The Bertz CT molecular complexity index is 981. The largest absolute Gasteiger partial charge is 0.497 e. The van der Waals surface area contributed by atoms with E-state index in [1.54, 1.807) is 31.2 Å². The summed E-state index contributed by atoms with van der Waals surface area (Å²) in [6.07, 6.45) is 2.22. The molecule has 0 fully saturated rings. The SMILES string of the molecule is COc1ccc(C(=O)NNC(=O)c2oc3c(c2C)/C(=N/NC(N)=S)CCC3)cc1. The Balaban J connectivity index is 1.72. The molecule has 1 heterocycles. The number of furan rings is 1. The van der Waals surface area contributed by atoms with Crippen LogP contribution in [0.15, 0.2) is 33.8 Å². The number of nitrogens with two attached hydrogens (primary N) is 1. The van der Waals surface area contributed by atoms with Crippen molar-refractivity contribution in [1.82, 2.24) is 16.3 Å². The number of hydrogen-bond acceptors (Lipinski definition) is 6. The zero-order valence-corrected chi connectivity index (χ0v) is 16.8. The Morgan fingerprint density at radius 2 is 1.86 bits per heavy atom. The number of ether oxygens (including phenoxy) is 1. The Hall–Kier alpha value is -3.40. The standard InChI is InChI=1S/C19H21N5O4S/c1-10-15-13(21-24-19(20)29)4-3-5-14(15)28-16(10)18(26)23-22-17(25)11-6-8-12(27-2)9-7-11/h6-9H,3-5H2,1-2H3,(H,22,25)(H,23,26)(H3,20,24,29)/b21-13+. The van der Waals surface area contributed by atoms with Crippen LogP contribution < -0.4 is 26.7 Å². The molecule has 1 aromatic carbocycles. The molecule has 0 bridgehead atoms. The number of benzene rings is 1. The maximum atomic E-state index is 12.6. The predicted molar refractivity (Wildman–Crippen MR) is 111 cm³/mol. The van der Waals surface area contributed by atoms with Crippen LogP contribution in [0.5, 0.6) is 5.75 Å². The summed E-state index contributed by atoms with van der Waals surface area (Å²) in [5.74, 6) is 0.405. The molecule has 0 atom stereocenters. The van der Waals surface area contributed by atoms with Crippen molar-refractivity contribution in [2.75, 3.05) is 7.11 Å². The van der Waals surface area contributed by atoms with E-state index in [9.17, 15) is 9.59 Å². The number of aryl methyl sites for hydroxylation is 1. The minimum atomic E-state index is -0.555. The van der Waals surface area contributed by atoms with E-state index in [1.807, 2.05) is 0 Å². The van der Waals surface area contributed by atoms with Crippen LogP contribution in [0.1, 0.15) is 50.6 Å². The summed E-state index contributed by atoms with van der Waals surface area (Å²) in [6, 6.07) is 6.50. The minimum Gasteiger partial charge on any atom is -0.497 e. The molecule has 2 aromatic rings. The first-order valence-corrected chi connectivity index (χ1v) is 9.31. The van der Waals surface area contributed by atoms with Crippen LogP contribution in [0.4, 0.5) is 0 Å². The number of thiocarbonyl (C=S) groups is 1. The molecule has 0 saturated heterocycles. The second-order valence-corrected chi connectivity index (χ2v) is 6.82. The third kappa shape index (κ3) is 4.54. The van der Waals surface area contributed by atoms with Gasteiger partial charge in [0.05, 0.1) is 12.8 Å². The van der Waals surface area contributed by atoms with E-state index in [4.69, 9.17) is 27.1 Å². The average molecular weight is 415 g/mol. The molecule has 0 saturated carbocycles. The van der Waals surface area contributed by atoms with Crippen molar-refractivity contribution < 1.29 is 18.7 Å². The number of carbonyl (C=O) groups excluding carboxylic acids is 2. The van der Waals surface area contributed by atoms with Gasteiger partial charge in [0.15, 0.2) is 10.9 Å². The van der Waals surface area contributed by atoms with E-state index in [2.05, 4.69) is 21.4 Å². The molecule has 5 N–H and O–H groups in total. The highest BCUT2D eigenvalue weighted by Crippen LogP contribution is 2.29. The van der Waals surface area contributed by atoms with Gasteiger partial charge in [0.2, 0.25) is 0 Å². The maximum absolute atomic E-state index is 12.6. The Labute approximate surface area is 172 Å². The van der Waals surface area contributed by atoms with Gasteiger partial charge in [0, 0.05) is 23.1 Å². The highest BCUT2D eigenvalue weighted by atomic mass is 32.1. The van der Waals surface area contributed by atoms with Gasteiger partial charge in [0.1, 0.15) is 11.5 Å². The maximum Gasteiger partial charge on any atom is 0.305 e. The topological polar surface area (TPSA) is 131 Å². The van der Waals surface area contributed by atoms with Gasteiger partial charge < -0.3 is 14.9 Å². The first-order valence-electron chi connectivity index (χ1n) is 8.90. The van der Waals surface area contributed by atoms with E-state index in [0.717, 1.165) is 17.7 Å². The van der Waals surface area contributed by atoms with E-state index >= 15 is 0 Å². The molecular formula is C19H21N5O4S. The Kier molecular flexibility index (Phi) is 6.13. The number of rotatable bonds is 4. The zero-order chi connectivity index (χ0) is 21.0. The van der Waals surface area contributed by atoms with Crippen LogP contribution in [-0.4, -0.2) is 29.7 Å². The molecule has 0 radical (unpaired) electrons. The third-order valence-electron chi connectivity index (χ3n) is 4.47. The van der Waals surface area contributed by atoms with Gasteiger partial charge in [-0.2, -0.15) is 5.10 Å². The van der Waals surface area contributed by atoms with E-state index in [-0.39, 0.29) is 10.9 Å². The van der Waals surface area contributed by atoms with Crippen LogP contribution in [0.25, 0.3) is 0 Å². The summed E-state index contributed by atoms with van der Waals surface area (Å²) in [7, 11) is 1.54. The number of nitrogens with one attached hydrogen (secondary N) is 3. The van der Waals surface area contributed by atoms with Gasteiger partial charge in [-0.25, -0.2) is 0 Å². The molecular weight excluding hydrogens is 394 g/mol. The fourth-order valence-electron chi connectivity index (χ4n) is 3.10. The second kappa shape index (κ2) is 8.74. The lowest BCUT2D eigenvalue weighted by Gasteiger charge is -2.13. The first kappa shape index (κ1) is 20.3. The molecule has 10 heteroatoms. The van der Waals surface area contributed by atoms with Crippen molar-refractivity contribution in [2.24, 2.45) is 10.8 Å². The van der Waals surface area contributed by atoms with Crippen molar-refractivity contribution in [3.8, 4) is 5.75 Å². The van der Waals surface area contributed by atoms with E-state index in [0.29, 0.717) is 35.5 Å². The Morgan fingerprint density at radius 3 is 2.52 bits per heavy atom. The number of fused-ring (bicyclic) bond motifs is 1. The van der Waals surface area contributed by atoms with Crippen molar-refractivity contribution in [3.63, 3.8) is 0 Å². The summed E-state index contributed by atoms with van der Waals surface area (Å²) in [5.41, 5.74) is 15.3. The molecule has 9 nitrogen and oxygen atoms in total. The molecule has 1 aliphatic rings. The normalized spacial score (nSPS) is 14.1. The lowest BCUT2D eigenvalue weighted by molar-refractivity contribution is 0.0829. The third-order valence-corrected chi connectivity index (χ3v) is 4.57. The molecule has 152 valence electrons. The van der Waals surface area contributed by atoms with Crippen LogP contribution in [-0.2, 0) is 6.42 Å². The number of hydrazone groups is 1. The fourth-order valence-corrected chi connectivity index (χ4v) is 3.15. The van der Waals surface area contributed by atoms with Crippen molar-refractivity contribution >= 4 is 34.9 Å². The van der Waals surface area contributed by atoms with Crippen molar-refractivity contribution in [3.05, 3.63) is 52.5 Å². The van der Waals surface area contributed by atoms with Crippen LogP contribution in [0.3, 0.4) is 0 Å². The number of hydrogen-bond donors (Lipinski definition) is 4. The van der Waals surface area contributed by atoms with Gasteiger partial charge in [-0.1, -0.05) is 0 Å². The lowest BCUT2D eigenvalue weighted by atomic mass is 9.93. The van der Waals surface area contributed by atoms with Crippen LogP contribution in [0.2, 0.25) is 0 Å². The van der Waals surface area contributed by atoms with Gasteiger partial charge in [0.25, 0.3) is 5.91 Å². The lowest BCUT2D eigenvalue weighted by Crippen LogP contribution is -2.41. The van der Waals surface area contributed by atoms with Crippen molar-refractivity contribution in [2.45, 2.75) is 26.2 Å². The quantitative estimate of drug-likeness (QED) is 0.440. The summed E-state index contributed by atoms with van der Waals surface area (Å²) < 4.78 is 10.8. The van der Waals surface area contributed by atoms with Crippen molar-refractivity contribution in [1.29, 1.82) is 0 Å². The van der Waals surface area contributed by atoms with E-state index in [1.165, 1.54) is 7.11 Å². The average Bonchev–Trinajstić information content (AvgIpc) is 3.07. The van der Waals surface area contributed by atoms with Crippen LogP contribution in [0, 0.1) is 6.92 Å².